The summed E-state index contributed by atoms with van der Waals surface area (Å²) < 4.78 is 3.73. The molecule has 1 aliphatic heterocycles. The summed E-state index contributed by atoms with van der Waals surface area (Å²) in [5.41, 5.74) is 7.20. The van der Waals surface area contributed by atoms with E-state index in [1.807, 2.05) is 0 Å². The molecular formula is C14H15N5O3S2. The van der Waals surface area contributed by atoms with Crippen molar-refractivity contribution in [3.8, 4) is 0 Å². The predicted octanol–water partition coefficient (Wildman–Crippen LogP) is 1.16. The molecule has 0 spiro atoms. The number of anilines is 1. The first-order chi connectivity index (χ1) is 11.4. The summed E-state index contributed by atoms with van der Waals surface area (Å²) >= 11 is 2.27. The van der Waals surface area contributed by atoms with E-state index >= 15 is 0 Å². The molecule has 3 heterocycles. The number of aryl methyl sites for hydroxylation is 1. The Morgan fingerprint density at radius 1 is 1.33 bits per heavy atom. The van der Waals surface area contributed by atoms with Gasteiger partial charge in [-0.15, -0.1) is 16.4 Å². The number of fused-ring (bicyclic) bond motifs is 1. The molecule has 24 heavy (non-hydrogen) atoms. The molecule has 3 N–H and O–H groups in total. The van der Waals surface area contributed by atoms with E-state index < -0.39 is 5.91 Å². The maximum Gasteiger partial charge on any atom is 0.269 e. The van der Waals surface area contributed by atoms with Gasteiger partial charge in [-0.3, -0.25) is 14.4 Å². The average molecular weight is 365 g/mol. The van der Waals surface area contributed by atoms with Gasteiger partial charge in [0.2, 0.25) is 5.91 Å². The summed E-state index contributed by atoms with van der Waals surface area (Å²) in [6.07, 6.45) is 0.542. The number of carbonyl (C=O) groups excluding carboxylic acids is 3. The summed E-state index contributed by atoms with van der Waals surface area (Å²) in [5.74, 6) is -0.975. The molecule has 0 fully saturated rings. The lowest BCUT2D eigenvalue weighted by Crippen LogP contribution is -2.34. The highest BCUT2D eigenvalue weighted by molar-refractivity contribution is 7.17. The number of nitrogens with one attached hydrogen (secondary N) is 1. The highest BCUT2D eigenvalue weighted by atomic mass is 32.1. The Bertz CT molecular complexity index is 842. The molecule has 0 radical (unpaired) electrons. The van der Waals surface area contributed by atoms with Gasteiger partial charge in [0.25, 0.3) is 11.8 Å². The molecule has 126 valence electrons. The van der Waals surface area contributed by atoms with Gasteiger partial charge in [0, 0.05) is 18.3 Å². The Kier molecular flexibility index (Phi) is 4.33. The summed E-state index contributed by atoms with van der Waals surface area (Å²) in [6, 6.07) is 0. The zero-order valence-electron chi connectivity index (χ0n) is 13.1. The molecule has 0 aliphatic carbocycles. The third kappa shape index (κ3) is 2.89. The second-order valence-electron chi connectivity index (χ2n) is 5.40. The smallest absolute Gasteiger partial charge is 0.269 e. The molecule has 0 bridgehead atoms. The van der Waals surface area contributed by atoms with Crippen molar-refractivity contribution in [1.29, 1.82) is 0 Å². The molecule has 0 atom stereocenters. The molecule has 3 amide bonds. The molecule has 0 saturated carbocycles. The number of primary amides is 1. The zero-order chi connectivity index (χ0) is 17.4. The van der Waals surface area contributed by atoms with Gasteiger partial charge in [0.05, 0.1) is 17.8 Å². The maximum absolute atomic E-state index is 12.4. The quantitative estimate of drug-likeness (QED) is 0.846. The van der Waals surface area contributed by atoms with Crippen LogP contribution in [0.1, 0.15) is 43.1 Å². The lowest BCUT2D eigenvalue weighted by molar-refractivity contribution is -0.129. The fraction of sp³-hybridized carbons (Fsp3) is 0.357. The highest BCUT2D eigenvalue weighted by Crippen LogP contribution is 2.37. The van der Waals surface area contributed by atoms with Crippen molar-refractivity contribution in [2.24, 2.45) is 5.73 Å². The van der Waals surface area contributed by atoms with E-state index in [-0.39, 0.29) is 11.8 Å². The number of hydrogen-bond donors (Lipinski definition) is 2. The molecule has 8 nitrogen and oxygen atoms in total. The third-order valence-electron chi connectivity index (χ3n) is 3.83. The Labute approximate surface area is 145 Å². The molecule has 0 aromatic carbocycles. The molecule has 0 unspecified atom stereocenters. The molecule has 2 aromatic heterocycles. The first-order valence-corrected chi connectivity index (χ1v) is 8.77. The number of amides is 3. The van der Waals surface area contributed by atoms with E-state index in [4.69, 9.17) is 5.73 Å². The van der Waals surface area contributed by atoms with Crippen LogP contribution in [-0.2, 0) is 17.8 Å². The number of hydrogen-bond acceptors (Lipinski definition) is 7. The number of nitrogens with zero attached hydrogens (tertiary/aromatic N) is 3. The van der Waals surface area contributed by atoms with E-state index in [1.165, 1.54) is 18.3 Å². The largest absolute Gasteiger partial charge is 0.365 e. The third-order valence-corrected chi connectivity index (χ3v) is 5.79. The van der Waals surface area contributed by atoms with Crippen molar-refractivity contribution in [2.45, 2.75) is 26.8 Å². The van der Waals surface area contributed by atoms with Gasteiger partial charge in [-0.2, -0.15) is 0 Å². The van der Waals surface area contributed by atoms with Crippen LogP contribution in [0.2, 0.25) is 0 Å². The van der Waals surface area contributed by atoms with Gasteiger partial charge in [-0.1, -0.05) is 4.49 Å². The Balaban J connectivity index is 1.94. The van der Waals surface area contributed by atoms with Crippen molar-refractivity contribution in [2.75, 3.05) is 11.9 Å². The normalized spacial score (nSPS) is 13.5. The maximum atomic E-state index is 12.4. The van der Waals surface area contributed by atoms with Crippen molar-refractivity contribution >= 4 is 45.6 Å². The van der Waals surface area contributed by atoms with Crippen LogP contribution in [0.4, 0.5) is 5.00 Å². The zero-order valence-corrected chi connectivity index (χ0v) is 14.7. The van der Waals surface area contributed by atoms with Crippen molar-refractivity contribution < 1.29 is 14.4 Å². The fourth-order valence-electron chi connectivity index (χ4n) is 2.62. The fourth-order valence-corrected chi connectivity index (χ4v) is 4.44. The Hall–Kier alpha value is -2.33. The summed E-state index contributed by atoms with van der Waals surface area (Å²) in [5, 5.41) is 6.96. The van der Waals surface area contributed by atoms with Crippen molar-refractivity contribution in [1.82, 2.24) is 14.5 Å². The number of rotatable bonds is 3. The molecule has 2 aromatic rings. The molecular weight excluding hydrogens is 350 g/mol. The highest BCUT2D eigenvalue weighted by Gasteiger charge is 2.29. The van der Waals surface area contributed by atoms with Crippen LogP contribution in [0, 0.1) is 6.92 Å². The first kappa shape index (κ1) is 16.5. The minimum Gasteiger partial charge on any atom is -0.365 e. The van der Waals surface area contributed by atoms with Gasteiger partial charge in [0.15, 0.2) is 0 Å². The Morgan fingerprint density at radius 2 is 2.08 bits per heavy atom. The number of aromatic nitrogens is 2. The second kappa shape index (κ2) is 6.29. The summed E-state index contributed by atoms with van der Waals surface area (Å²) in [7, 11) is 0. The minimum atomic E-state index is -0.585. The van der Waals surface area contributed by atoms with Crippen LogP contribution < -0.4 is 11.1 Å². The van der Waals surface area contributed by atoms with E-state index in [0.29, 0.717) is 40.6 Å². The van der Waals surface area contributed by atoms with Gasteiger partial charge in [-0.25, -0.2) is 0 Å². The monoisotopic (exact) mass is 365 g/mol. The van der Waals surface area contributed by atoms with Gasteiger partial charge in [0.1, 0.15) is 9.88 Å². The van der Waals surface area contributed by atoms with Gasteiger partial charge < -0.3 is 16.0 Å². The number of thiophene rings is 1. The summed E-state index contributed by atoms with van der Waals surface area (Å²) in [6.45, 7) is 4.16. The van der Waals surface area contributed by atoms with Crippen LogP contribution in [0.15, 0.2) is 0 Å². The van der Waals surface area contributed by atoms with Crippen LogP contribution in [0.5, 0.6) is 0 Å². The lowest BCUT2D eigenvalue weighted by Gasteiger charge is -2.25. The second-order valence-corrected chi connectivity index (χ2v) is 7.26. The van der Waals surface area contributed by atoms with Crippen molar-refractivity contribution in [3.05, 3.63) is 26.6 Å². The van der Waals surface area contributed by atoms with Crippen molar-refractivity contribution in [3.63, 3.8) is 0 Å². The van der Waals surface area contributed by atoms with Crippen LogP contribution in [0.3, 0.4) is 0 Å². The minimum absolute atomic E-state index is 0.0216. The molecule has 3 rings (SSSR count). The van der Waals surface area contributed by atoms with E-state index in [0.717, 1.165) is 22.0 Å². The van der Waals surface area contributed by atoms with Gasteiger partial charge >= 0.3 is 0 Å². The number of carbonyl (C=O) groups is 3. The molecule has 1 aliphatic rings. The van der Waals surface area contributed by atoms with Crippen LogP contribution in [-0.4, -0.2) is 38.8 Å². The SMILES string of the molecule is CC(=O)N1CCc2c(sc(NC(=O)c3snnc3C)c2C(N)=O)C1. The molecule has 0 saturated heterocycles. The predicted molar refractivity (Wildman–Crippen MR) is 90.2 cm³/mol. The average Bonchev–Trinajstić information content (AvgIpc) is 3.09. The van der Waals surface area contributed by atoms with E-state index in [9.17, 15) is 14.4 Å². The molecule has 10 heteroatoms. The standard InChI is InChI=1S/C14H15N5O3S2/c1-6-11(24-18-17-6)13(22)16-14-10(12(15)21)8-3-4-19(7(2)20)5-9(8)23-14/h3-5H2,1-2H3,(H2,15,21)(H,16,22). The van der Waals surface area contributed by atoms with E-state index in [2.05, 4.69) is 14.9 Å². The van der Waals surface area contributed by atoms with E-state index in [1.54, 1.807) is 11.8 Å². The topological polar surface area (TPSA) is 118 Å². The number of nitrogens with two attached hydrogens (primary N) is 1. The Morgan fingerprint density at radius 3 is 2.67 bits per heavy atom. The first-order valence-electron chi connectivity index (χ1n) is 7.18. The van der Waals surface area contributed by atoms with Gasteiger partial charge in [-0.05, 0) is 30.4 Å². The van der Waals surface area contributed by atoms with Crippen LogP contribution >= 0.6 is 22.9 Å². The van der Waals surface area contributed by atoms with Crippen LogP contribution in [0.25, 0.3) is 0 Å². The summed E-state index contributed by atoms with van der Waals surface area (Å²) in [4.78, 5) is 38.8. The lowest BCUT2D eigenvalue weighted by atomic mass is 10.0.